The minimum absolute atomic E-state index is 0.209. The van der Waals surface area contributed by atoms with Gasteiger partial charge in [0.2, 0.25) is 5.91 Å². The second kappa shape index (κ2) is 8.26. The first kappa shape index (κ1) is 17.6. The van der Waals surface area contributed by atoms with E-state index in [0.29, 0.717) is 24.5 Å². The molecule has 26 heavy (non-hydrogen) atoms. The van der Waals surface area contributed by atoms with Crippen molar-refractivity contribution in [3.63, 3.8) is 0 Å². The molecule has 2 heterocycles. The first-order valence-electron chi connectivity index (χ1n) is 8.00. The van der Waals surface area contributed by atoms with Gasteiger partial charge in [-0.15, -0.1) is 11.3 Å². The average molecular weight is 366 g/mol. The van der Waals surface area contributed by atoms with Gasteiger partial charge in [0, 0.05) is 23.1 Å². The summed E-state index contributed by atoms with van der Waals surface area (Å²) in [6.07, 6.45) is 2.88. The van der Waals surface area contributed by atoms with E-state index in [2.05, 4.69) is 22.3 Å². The molecule has 0 spiro atoms. The molecule has 0 aliphatic heterocycles. The zero-order valence-electron chi connectivity index (χ0n) is 14.0. The van der Waals surface area contributed by atoms with Crippen LogP contribution in [0, 0.1) is 0 Å². The molecule has 0 bridgehead atoms. The molecule has 1 aromatic carbocycles. The fraction of sp³-hybridized carbons (Fsp3) is 0.105. The number of hydrogen-bond acceptors (Lipinski definition) is 4. The lowest BCUT2D eigenvalue weighted by Crippen LogP contribution is -2.20. The first-order chi connectivity index (χ1) is 12.7. The third-order valence-electron chi connectivity index (χ3n) is 3.71. The third-order valence-corrected chi connectivity index (χ3v) is 4.57. The molecule has 0 aliphatic carbocycles. The van der Waals surface area contributed by atoms with Gasteiger partial charge in [-0.2, -0.15) is 5.10 Å². The molecule has 132 valence electrons. The molecule has 3 rings (SSSR count). The zero-order valence-corrected chi connectivity index (χ0v) is 14.8. The van der Waals surface area contributed by atoms with Crippen LogP contribution in [-0.4, -0.2) is 21.6 Å². The van der Waals surface area contributed by atoms with Crippen LogP contribution in [0.2, 0.25) is 0 Å². The maximum Gasteiger partial charge on any atom is 0.256 e. The van der Waals surface area contributed by atoms with E-state index in [1.54, 1.807) is 52.5 Å². The predicted molar refractivity (Wildman–Crippen MR) is 102 cm³/mol. The standard InChI is InChI=1S/C19H18N4O2S/c1-2-18(24)20-12-14-5-7-15(8-6-14)19(25)22-17-9-10-21-23(17)13-16-4-3-11-26-16/h2-11H,1,12-13H2,(H,20,24)(H,22,25). The fourth-order valence-electron chi connectivity index (χ4n) is 2.34. The van der Waals surface area contributed by atoms with Crippen LogP contribution in [-0.2, 0) is 17.9 Å². The van der Waals surface area contributed by atoms with Crippen LogP contribution in [0.15, 0.2) is 66.7 Å². The Morgan fingerprint density at radius 1 is 1.19 bits per heavy atom. The van der Waals surface area contributed by atoms with E-state index in [1.807, 2.05) is 17.5 Å². The van der Waals surface area contributed by atoms with Gasteiger partial charge in [0.15, 0.2) is 0 Å². The SMILES string of the molecule is C=CC(=O)NCc1ccc(C(=O)Nc2ccnn2Cc2cccs2)cc1. The summed E-state index contributed by atoms with van der Waals surface area (Å²) in [6, 6.07) is 12.9. The van der Waals surface area contributed by atoms with Crippen LogP contribution in [0.5, 0.6) is 0 Å². The largest absolute Gasteiger partial charge is 0.348 e. The second-order valence-electron chi connectivity index (χ2n) is 5.53. The van der Waals surface area contributed by atoms with Crippen LogP contribution in [0.3, 0.4) is 0 Å². The quantitative estimate of drug-likeness (QED) is 0.631. The Balaban J connectivity index is 1.62. The molecular weight excluding hydrogens is 348 g/mol. The fourth-order valence-corrected chi connectivity index (χ4v) is 3.02. The normalized spacial score (nSPS) is 10.3. The molecule has 2 amide bonds. The molecule has 2 aromatic heterocycles. The van der Waals surface area contributed by atoms with E-state index in [1.165, 1.54) is 6.08 Å². The highest BCUT2D eigenvalue weighted by molar-refractivity contribution is 7.09. The number of benzene rings is 1. The van der Waals surface area contributed by atoms with Crippen LogP contribution in [0.1, 0.15) is 20.8 Å². The van der Waals surface area contributed by atoms with E-state index in [4.69, 9.17) is 0 Å². The molecule has 0 radical (unpaired) electrons. The van der Waals surface area contributed by atoms with Gasteiger partial charge >= 0.3 is 0 Å². The van der Waals surface area contributed by atoms with Crippen molar-refractivity contribution >= 4 is 29.0 Å². The number of nitrogens with zero attached hydrogens (tertiary/aromatic N) is 2. The van der Waals surface area contributed by atoms with E-state index >= 15 is 0 Å². The number of anilines is 1. The summed E-state index contributed by atoms with van der Waals surface area (Å²) >= 11 is 1.65. The highest BCUT2D eigenvalue weighted by Gasteiger charge is 2.10. The van der Waals surface area contributed by atoms with Crippen molar-refractivity contribution in [3.8, 4) is 0 Å². The average Bonchev–Trinajstić information content (AvgIpc) is 3.33. The van der Waals surface area contributed by atoms with E-state index < -0.39 is 0 Å². The highest BCUT2D eigenvalue weighted by atomic mass is 32.1. The topological polar surface area (TPSA) is 76.0 Å². The number of hydrogen-bond donors (Lipinski definition) is 2. The molecule has 0 aliphatic rings. The lowest BCUT2D eigenvalue weighted by atomic mass is 10.1. The number of carbonyl (C=O) groups excluding carboxylic acids is 2. The van der Waals surface area contributed by atoms with E-state index in [9.17, 15) is 9.59 Å². The monoisotopic (exact) mass is 366 g/mol. The number of carbonyl (C=O) groups is 2. The van der Waals surface area contributed by atoms with E-state index in [-0.39, 0.29) is 11.8 Å². The van der Waals surface area contributed by atoms with Gasteiger partial charge in [-0.3, -0.25) is 9.59 Å². The molecule has 0 fully saturated rings. The van der Waals surface area contributed by atoms with Crippen LogP contribution < -0.4 is 10.6 Å². The minimum Gasteiger partial charge on any atom is -0.348 e. The predicted octanol–water partition coefficient (Wildman–Crippen LogP) is 3.05. The molecule has 0 atom stereocenters. The molecular formula is C19H18N4O2S. The van der Waals surface area contributed by atoms with Crippen molar-refractivity contribution in [2.45, 2.75) is 13.1 Å². The van der Waals surface area contributed by atoms with Crippen molar-refractivity contribution in [2.24, 2.45) is 0 Å². The number of amides is 2. The maximum atomic E-state index is 12.5. The molecule has 2 N–H and O–H groups in total. The molecule has 6 nitrogen and oxygen atoms in total. The Kier molecular flexibility index (Phi) is 5.60. The number of thiophene rings is 1. The Morgan fingerprint density at radius 3 is 2.69 bits per heavy atom. The van der Waals surface area contributed by atoms with Gasteiger partial charge in [0.05, 0.1) is 12.7 Å². The van der Waals surface area contributed by atoms with Crippen LogP contribution >= 0.6 is 11.3 Å². The van der Waals surface area contributed by atoms with Gasteiger partial charge < -0.3 is 10.6 Å². The van der Waals surface area contributed by atoms with Gasteiger partial charge in [-0.25, -0.2) is 4.68 Å². The number of nitrogens with one attached hydrogen (secondary N) is 2. The highest BCUT2D eigenvalue weighted by Crippen LogP contribution is 2.15. The Labute approximate surface area is 155 Å². The van der Waals surface area contributed by atoms with E-state index in [0.717, 1.165) is 10.4 Å². The maximum absolute atomic E-state index is 12.5. The van der Waals surface area contributed by atoms with Crippen molar-refractivity contribution in [2.75, 3.05) is 5.32 Å². The Hall–Kier alpha value is -3.19. The van der Waals surface area contributed by atoms with Crippen molar-refractivity contribution in [3.05, 3.63) is 82.7 Å². The van der Waals surface area contributed by atoms with Crippen molar-refractivity contribution < 1.29 is 9.59 Å². The summed E-state index contributed by atoms with van der Waals surface area (Å²) < 4.78 is 1.75. The van der Waals surface area contributed by atoms with Crippen LogP contribution in [0.25, 0.3) is 0 Å². The molecule has 0 saturated carbocycles. The summed E-state index contributed by atoms with van der Waals surface area (Å²) in [4.78, 5) is 24.8. The smallest absolute Gasteiger partial charge is 0.256 e. The van der Waals surface area contributed by atoms with Crippen molar-refractivity contribution in [1.82, 2.24) is 15.1 Å². The first-order valence-corrected chi connectivity index (χ1v) is 8.88. The number of aromatic nitrogens is 2. The van der Waals surface area contributed by atoms with Crippen LogP contribution in [0.4, 0.5) is 5.82 Å². The van der Waals surface area contributed by atoms with Gasteiger partial charge in [-0.05, 0) is 35.2 Å². The zero-order chi connectivity index (χ0) is 18.4. The Bertz CT molecular complexity index is 898. The third kappa shape index (κ3) is 4.46. The molecule has 0 unspecified atom stereocenters. The molecule has 7 heteroatoms. The Morgan fingerprint density at radius 2 is 2.00 bits per heavy atom. The molecule has 0 saturated heterocycles. The number of rotatable bonds is 7. The van der Waals surface area contributed by atoms with Gasteiger partial charge in [0.1, 0.15) is 5.82 Å². The summed E-state index contributed by atoms with van der Waals surface area (Å²) in [5.74, 6) is 0.205. The van der Waals surface area contributed by atoms with Crippen molar-refractivity contribution in [1.29, 1.82) is 0 Å². The van der Waals surface area contributed by atoms with Gasteiger partial charge in [0.25, 0.3) is 5.91 Å². The summed E-state index contributed by atoms with van der Waals surface area (Å²) in [6.45, 7) is 4.41. The second-order valence-corrected chi connectivity index (χ2v) is 6.56. The summed E-state index contributed by atoms with van der Waals surface area (Å²) in [5, 5.41) is 11.8. The summed E-state index contributed by atoms with van der Waals surface area (Å²) in [5.41, 5.74) is 1.44. The summed E-state index contributed by atoms with van der Waals surface area (Å²) in [7, 11) is 0. The molecule has 3 aromatic rings. The lowest BCUT2D eigenvalue weighted by Gasteiger charge is -2.09. The minimum atomic E-state index is -0.231. The lowest BCUT2D eigenvalue weighted by molar-refractivity contribution is -0.116. The van der Waals surface area contributed by atoms with Gasteiger partial charge in [-0.1, -0.05) is 24.8 Å².